The average molecular weight is 444 g/mol. The molecule has 0 aliphatic carbocycles. The smallest absolute Gasteiger partial charge is 0.254 e. The van der Waals surface area contributed by atoms with E-state index >= 15 is 0 Å². The molecule has 0 radical (unpaired) electrons. The maximum atomic E-state index is 13.0. The van der Waals surface area contributed by atoms with Crippen molar-refractivity contribution in [3.8, 4) is 5.75 Å². The molecule has 3 heterocycles. The number of rotatable bonds is 5. The third kappa shape index (κ3) is 4.75. The van der Waals surface area contributed by atoms with Crippen molar-refractivity contribution in [1.29, 1.82) is 0 Å². The Hall–Kier alpha value is -2.61. The maximum absolute atomic E-state index is 13.0. The number of piperidine rings is 1. The topological polar surface area (TPSA) is 79.4 Å². The number of benzene rings is 1. The van der Waals surface area contributed by atoms with Gasteiger partial charge in [-0.15, -0.1) is 0 Å². The molecule has 32 heavy (non-hydrogen) atoms. The second-order valence-corrected chi connectivity index (χ2v) is 9.01. The van der Waals surface area contributed by atoms with Crippen molar-refractivity contribution >= 4 is 17.7 Å². The zero-order valence-corrected chi connectivity index (χ0v) is 19.0. The van der Waals surface area contributed by atoms with Gasteiger partial charge >= 0.3 is 0 Å². The van der Waals surface area contributed by atoms with Gasteiger partial charge in [0.1, 0.15) is 5.75 Å². The number of hydrogen-bond acceptors (Lipinski definition) is 5. The number of amides is 3. The molecule has 1 atom stereocenters. The number of ether oxygens (including phenoxy) is 2. The minimum Gasteiger partial charge on any atom is -0.496 e. The number of methoxy groups -OCH3 is 1. The van der Waals surface area contributed by atoms with E-state index in [-0.39, 0.29) is 23.6 Å². The molecule has 3 saturated heterocycles. The SMILES string of the molecule is COc1cccc(C(=O)N2CCC(CN3C[C@@H](C(=O)N4CCOCC4)CC3=O)CC2)c1C. The van der Waals surface area contributed by atoms with Crippen molar-refractivity contribution in [1.82, 2.24) is 14.7 Å². The first-order valence-corrected chi connectivity index (χ1v) is 11.5. The molecule has 1 aromatic carbocycles. The number of carbonyl (C=O) groups is 3. The van der Waals surface area contributed by atoms with Crippen molar-refractivity contribution in [3.63, 3.8) is 0 Å². The van der Waals surface area contributed by atoms with E-state index in [2.05, 4.69) is 0 Å². The van der Waals surface area contributed by atoms with Crippen LogP contribution in [0.2, 0.25) is 0 Å². The van der Waals surface area contributed by atoms with E-state index in [0.29, 0.717) is 70.4 Å². The fourth-order valence-corrected chi connectivity index (χ4v) is 5.02. The lowest BCUT2D eigenvalue weighted by Crippen LogP contribution is -2.45. The van der Waals surface area contributed by atoms with Crippen LogP contribution in [0.15, 0.2) is 18.2 Å². The maximum Gasteiger partial charge on any atom is 0.254 e. The molecule has 0 saturated carbocycles. The van der Waals surface area contributed by atoms with Gasteiger partial charge < -0.3 is 24.2 Å². The standard InChI is InChI=1S/C24H33N3O5/c1-17-20(4-3-5-21(17)31-2)24(30)25-8-6-18(7-9-25)15-27-16-19(14-22(27)28)23(29)26-10-12-32-13-11-26/h3-5,18-19H,6-16H2,1-2H3/t19-/m0/s1. The van der Waals surface area contributed by atoms with Crippen LogP contribution in [0.3, 0.4) is 0 Å². The third-order valence-corrected chi connectivity index (χ3v) is 7.00. The summed E-state index contributed by atoms with van der Waals surface area (Å²) in [5.74, 6) is 1.03. The van der Waals surface area contributed by atoms with Gasteiger partial charge in [0.15, 0.2) is 0 Å². The van der Waals surface area contributed by atoms with Gasteiger partial charge in [-0.3, -0.25) is 14.4 Å². The Balaban J connectivity index is 1.28. The van der Waals surface area contributed by atoms with E-state index in [1.54, 1.807) is 7.11 Å². The summed E-state index contributed by atoms with van der Waals surface area (Å²) in [6, 6.07) is 5.56. The molecule has 0 aromatic heterocycles. The summed E-state index contributed by atoms with van der Waals surface area (Å²) in [7, 11) is 1.61. The Labute approximate surface area is 189 Å². The molecule has 3 aliphatic rings. The van der Waals surface area contributed by atoms with Crippen LogP contribution in [0.5, 0.6) is 5.75 Å². The monoisotopic (exact) mass is 443 g/mol. The van der Waals surface area contributed by atoms with Gasteiger partial charge in [-0.2, -0.15) is 0 Å². The van der Waals surface area contributed by atoms with E-state index in [1.165, 1.54) is 0 Å². The molecule has 8 nitrogen and oxygen atoms in total. The molecular weight excluding hydrogens is 410 g/mol. The van der Waals surface area contributed by atoms with Gasteiger partial charge in [0.2, 0.25) is 11.8 Å². The zero-order chi connectivity index (χ0) is 22.7. The first kappa shape index (κ1) is 22.6. The number of morpholine rings is 1. The van der Waals surface area contributed by atoms with Crippen LogP contribution in [0.4, 0.5) is 0 Å². The highest BCUT2D eigenvalue weighted by atomic mass is 16.5. The quantitative estimate of drug-likeness (QED) is 0.690. The Morgan fingerprint density at radius 2 is 1.81 bits per heavy atom. The molecule has 3 amide bonds. The fraction of sp³-hybridized carbons (Fsp3) is 0.625. The summed E-state index contributed by atoms with van der Waals surface area (Å²) in [6.07, 6.45) is 2.03. The first-order chi connectivity index (χ1) is 15.5. The minimum absolute atomic E-state index is 0.0354. The van der Waals surface area contributed by atoms with Crippen molar-refractivity contribution in [2.75, 3.05) is 59.6 Å². The Bertz CT molecular complexity index is 859. The van der Waals surface area contributed by atoms with Crippen molar-refractivity contribution in [3.05, 3.63) is 29.3 Å². The summed E-state index contributed by atoms with van der Waals surface area (Å²) in [4.78, 5) is 43.9. The van der Waals surface area contributed by atoms with Gasteiger partial charge in [-0.25, -0.2) is 0 Å². The van der Waals surface area contributed by atoms with E-state index in [1.807, 2.05) is 39.8 Å². The fourth-order valence-electron chi connectivity index (χ4n) is 5.02. The van der Waals surface area contributed by atoms with Gasteiger partial charge in [-0.05, 0) is 37.8 Å². The first-order valence-electron chi connectivity index (χ1n) is 11.5. The largest absolute Gasteiger partial charge is 0.496 e. The van der Waals surface area contributed by atoms with Crippen LogP contribution in [0.25, 0.3) is 0 Å². The van der Waals surface area contributed by atoms with Crippen molar-refractivity contribution in [2.24, 2.45) is 11.8 Å². The minimum atomic E-state index is -0.238. The third-order valence-electron chi connectivity index (χ3n) is 7.00. The molecule has 3 aliphatic heterocycles. The summed E-state index contributed by atoms with van der Waals surface area (Å²) >= 11 is 0. The van der Waals surface area contributed by atoms with Crippen LogP contribution >= 0.6 is 0 Å². The summed E-state index contributed by atoms with van der Waals surface area (Å²) in [5, 5.41) is 0. The second-order valence-electron chi connectivity index (χ2n) is 9.01. The molecule has 0 N–H and O–H groups in total. The number of likely N-dealkylation sites (tertiary alicyclic amines) is 2. The van der Waals surface area contributed by atoms with E-state index in [9.17, 15) is 14.4 Å². The lowest BCUT2D eigenvalue weighted by atomic mass is 9.95. The van der Waals surface area contributed by atoms with Crippen molar-refractivity contribution in [2.45, 2.75) is 26.2 Å². The van der Waals surface area contributed by atoms with Crippen molar-refractivity contribution < 1.29 is 23.9 Å². The van der Waals surface area contributed by atoms with Gasteiger partial charge in [-0.1, -0.05) is 6.07 Å². The summed E-state index contributed by atoms with van der Waals surface area (Å²) in [6.45, 7) is 6.82. The Morgan fingerprint density at radius 1 is 1.09 bits per heavy atom. The molecule has 4 rings (SSSR count). The zero-order valence-electron chi connectivity index (χ0n) is 19.0. The predicted molar refractivity (Wildman–Crippen MR) is 118 cm³/mol. The van der Waals surface area contributed by atoms with Crippen LogP contribution in [0.1, 0.15) is 35.2 Å². The molecular formula is C24H33N3O5. The summed E-state index contributed by atoms with van der Waals surface area (Å²) in [5.41, 5.74) is 1.54. The van der Waals surface area contributed by atoms with Crippen LogP contribution in [-0.4, -0.2) is 92.0 Å². The highest BCUT2D eigenvalue weighted by Crippen LogP contribution is 2.27. The molecule has 0 unspecified atom stereocenters. The Morgan fingerprint density at radius 3 is 2.50 bits per heavy atom. The van der Waals surface area contributed by atoms with Crippen LogP contribution in [-0.2, 0) is 14.3 Å². The highest BCUT2D eigenvalue weighted by molar-refractivity contribution is 5.96. The Kier molecular flexibility index (Phi) is 6.98. The summed E-state index contributed by atoms with van der Waals surface area (Å²) < 4.78 is 10.7. The van der Waals surface area contributed by atoms with E-state index in [4.69, 9.17) is 9.47 Å². The van der Waals surface area contributed by atoms with Crippen LogP contribution < -0.4 is 4.74 Å². The predicted octanol–water partition coefficient (Wildman–Crippen LogP) is 1.56. The van der Waals surface area contributed by atoms with E-state index < -0.39 is 0 Å². The number of hydrogen-bond donors (Lipinski definition) is 0. The van der Waals surface area contributed by atoms with Gasteiger partial charge in [0.05, 0.1) is 26.2 Å². The molecule has 1 aromatic rings. The lowest BCUT2D eigenvalue weighted by Gasteiger charge is -2.34. The lowest BCUT2D eigenvalue weighted by molar-refractivity contribution is -0.139. The highest BCUT2D eigenvalue weighted by Gasteiger charge is 2.38. The van der Waals surface area contributed by atoms with Gasteiger partial charge in [0.25, 0.3) is 5.91 Å². The number of carbonyl (C=O) groups excluding carboxylic acids is 3. The molecule has 0 bridgehead atoms. The number of nitrogens with zero attached hydrogens (tertiary/aromatic N) is 3. The molecule has 8 heteroatoms. The van der Waals surface area contributed by atoms with E-state index in [0.717, 1.165) is 24.2 Å². The second kappa shape index (κ2) is 9.90. The molecule has 0 spiro atoms. The molecule has 174 valence electrons. The van der Waals surface area contributed by atoms with Crippen LogP contribution in [0, 0.1) is 18.8 Å². The normalized spacial score (nSPS) is 22.4. The average Bonchev–Trinajstić information content (AvgIpc) is 3.19. The molecule has 3 fully saturated rings. The van der Waals surface area contributed by atoms with Gasteiger partial charge in [0, 0.05) is 56.8 Å².